The minimum absolute atomic E-state index is 0.175. The Morgan fingerprint density at radius 1 is 0.857 bits per heavy atom. The van der Waals surface area contributed by atoms with Crippen molar-refractivity contribution in [1.29, 1.82) is 0 Å². The van der Waals surface area contributed by atoms with Gasteiger partial charge in [0, 0.05) is 17.7 Å². The molecule has 0 radical (unpaired) electrons. The van der Waals surface area contributed by atoms with Crippen LogP contribution in [0.5, 0.6) is 11.5 Å². The van der Waals surface area contributed by atoms with Gasteiger partial charge in [-0.2, -0.15) is 0 Å². The molecule has 0 saturated carbocycles. The van der Waals surface area contributed by atoms with Gasteiger partial charge in [0.15, 0.2) is 0 Å². The van der Waals surface area contributed by atoms with E-state index in [9.17, 15) is 4.79 Å². The number of aliphatic carboxylic acids is 1. The lowest BCUT2D eigenvalue weighted by Crippen LogP contribution is -2.16. The quantitative estimate of drug-likeness (QED) is 0.580. The van der Waals surface area contributed by atoms with E-state index in [4.69, 9.17) is 20.3 Å². The lowest BCUT2D eigenvalue weighted by molar-refractivity contribution is -0.137. The molecule has 1 atom stereocenters. The molecule has 0 aliphatic heterocycles. The summed E-state index contributed by atoms with van der Waals surface area (Å²) in [5.41, 5.74) is 8.79. The summed E-state index contributed by atoms with van der Waals surface area (Å²) in [5, 5.41) is 9.06. The van der Waals surface area contributed by atoms with Crippen LogP contribution in [0.3, 0.4) is 0 Å². The molecule has 0 amide bonds. The summed E-state index contributed by atoms with van der Waals surface area (Å²) in [4.78, 5) is 11.1. The van der Waals surface area contributed by atoms with E-state index in [2.05, 4.69) is 0 Å². The standard InChI is InChI=1S/C23H23NO4/c24-21(14-23(25)26)20-12-11-19(27-15-17-7-3-1-4-8-17)13-22(20)28-16-18-9-5-2-6-10-18/h1-13,21H,14-16,24H2,(H,25,26). The summed E-state index contributed by atoms with van der Waals surface area (Å²) in [6.07, 6.45) is -0.175. The molecular formula is C23H23NO4. The van der Waals surface area contributed by atoms with Crippen LogP contribution in [0.15, 0.2) is 78.9 Å². The highest BCUT2D eigenvalue weighted by Crippen LogP contribution is 2.31. The molecule has 3 rings (SSSR count). The zero-order chi connectivity index (χ0) is 19.8. The first-order chi connectivity index (χ1) is 13.6. The van der Waals surface area contributed by atoms with Gasteiger partial charge in [-0.3, -0.25) is 4.79 Å². The first-order valence-electron chi connectivity index (χ1n) is 9.06. The molecule has 0 aromatic heterocycles. The van der Waals surface area contributed by atoms with E-state index in [0.29, 0.717) is 30.3 Å². The molecule has 5 heteroatoms. The van der Waals surface area contributed by atoms with Crippen LogP contribution in [-0.2, 0) is 18.0 Å². The zero-order valence-electron chi connectivity index (χ0n) is 15.5. The minimum Gasteiger partial charge on any atom is -0.489 e. The molecule has 0 saturated heterocycles. The number of ether oxygens (including phenoxy) is 2. The highest BCUT2D eigenvalue weighted by atomic mass is 16.5. The Balaban J connectivity index is 1.77. The second-order valence-electron chi connectivity index (χ2n) is 6.45. The maximum Gasteiger partial charge on any atom is 0.305 e. The Labute approximate surface area is 164 Å². The molecule has 3 N–H and O–H groups in total. The molecule has 0 bridgehead atoms. The third-order valence-electron chi connectivity index (χ3n) is 4.26. The van der Waals surface area contributed by atoms with Crippen molar-refractivity contribution in [3.8, 4) is 11.5 Å². The SMILES string of the molecule is NC(CC(=O)O)c1ccc(OCc2ccccc2)cc1OCc1ccccc1. The number of rotatable bonds is 9. The summed E-state index contributed by atoms with van der Waals surface area (Å²) in [6.45, 7) is 0.787. The van der Waals surface area contributed by atoms with Crippen molar-refractivity contribution in [2.45, 2.75) is 25.7 Å². The van der Waals surface area contributed by atoms with Crippen LogP contribution in [0.2, 0.25) is 0 Å². The number of carboxylic acid groups (broad SMARTS) is 1. The molecule has 5 nitrogen and oxygen atoms in total. The number of carbonyl (C=O) groups is 1. The van der Waals surface area contributed by atoms with Gasteiger partial charge >= 0.3 is 5.97 Å². The molecule has 144 valence electrons. The summed E-state index contributed by atoms with van der Waals surface area (Å²) in [6, 6.07) is 24.3. The number of carboxylic acids is 1. The van der Waals surface area contributed by atoms with Gasteiger partial charge in [0.1, 0.15) is 24.7 Å². The molecule has 0 aliphatic rings. The zero-order valence-corrected chi connectivity index (χ0v) is 15.5. The molecule has 1 unspecified atom stereocenters. The van der Waals surface area contributed by atoms with Crippen LogP contribution in [0, 0.1) is 0 Å². The van der Waals surface area contributed by atoms with Gasteiger partial charge in [-0.25, -0.2) is 0 Å². The third-order valence-corrected chi connectivity index (χ3v) is 4.26. The Hall–Kier alpha value is -3.31. The Morgan fingerprint density at radius 3 is 2.00 bits per heavy atom. The van der Waals surface area contributed by atoms with Crippen LogP contribution in [0.4, 0.5) is 0 Å². The predicted molar refractivity (Wildman–Crippen MR) is 107 cm³/mol. The summed E-state index contributed by atoms with van der Waals surface area (Å²) < 4.78 is 11.8. The summed E-state index contributed by atoms with van der Waals surface area (Å²) in [5.74, 6) is 0.215. The van der Waals surface area contributed by atoms with Crippen LogP contribution in [-0.4, -0.2) is 11.1 Å². The van der Waals surface area contributed by atoms with E-state index < -0.39 is 12.0 Å². The van der Waals surface area contributed by atoms with E-state index in [1.165, 1.54) is 0 Å². The van der Waals surface area contributed by atoms with Crippen LogP contribution >= 0.6 is 0 Å². The van der Waals surface area contributed by atoms with Gasteiger partial charge in [0.2, 0.25) is 0 Å². The van der Waals surface area contributed by atoms with Gasteiger partial charge in [0.05, 0.1) is 6.42 Å². The lowest BCUT2D eigenvalue weighted by Gasteiger charge is -2.17. The monoisotopic (exact) mass is 377 g/mol. The van der Waals surface area contributed by atoms with E-state index in [0.717, 1.165) is 11.1 Å². The van der Waals surface area contributed by atoms with Crippen LogP contribution in [0.1, 0.15) is 29.2 Å². The van der Waals surface area contributed by atoms with Gasteiger partial charge in [-0.15, -0.1) is 0 Å². The van der Waals surface area contributed by atoms with Crippen molar-refractivity contribution in [2.75, 3.05) is 0 Å². The Morgan fingerprint density at radius 2 is 1.43 bits per heavy atom. The molecule has 3 aromatic rings. The smallest absolute Gasteiger partial charge is 0.305 e. The fraction of sp³-hybridized carbons (Fsp3) is 0.174. The van der Waals surface area contributed by atoms with Crippen LogP contribution < -0.4 is 15.2 Å². The number of hydrogen-bond donors (Lipinski definition) is 2. The van der Waals surface area contributed by atoms with E-state index >= 15 is 0 Å². The molecule has 0 spiro atoms. The molecule has 0 heterocycles. The summed E-state index contributed by atoms with van der Waals surface area (Å²) in [7, 11) is 0. The fourth-order valence-corrected chi connectivity index (χ4v) is 2.81. The first-order valence-corrected chi connectivity index (χ1v) is 9.06. The van der Waals surface area contributed by atoms with Crippen LogP contribution in [0.25, 0.3) is 0 Å². The number of hydrogen-bond acceptors (Lipinski definition) is 4. The topological polar surface area (TPSA) is 81.8 Å². The lowest BCUT2D eigenvalue weighted by atomic mass is 10.0. The average Bonchev–Trinajstić information content (AvgIpc) is 2.72. The van der Waals surface area contributed by atoms with Crippen molar-refractivity contribution in [2.24, 2.45) is 5.73 Å². The van der Waals surface area contributed by atoms with Gasteiger partial charge < -0.3 is 20.3 Å². The maximum atomic E-state index is 11.1. The van der Waals surface area contributed by atoms with Crippen molar-refractivity contribution in [3.05, 3.63) is 95.6 Å². The summed E-state index contributed by atoms with van der Waals surface area (Å²) >= 11 is 0. The number of benzene rings is 3. The van der Waals surface area contributed by atoms with Gasteiger partial charge in [0.25, 0.3) is 0 Å². The van der Waals surface area contributed by atoms with Gasteiger partial charge in [-0.1, -0.05) is 66.7 Å². The molecule has 0 aliphatic carbocycles. The van der Waals surface area contributed by atoms with Crippen molar-refractivity contribution < 1.29 is 19.4 Å². The van der Waals surface area contributed by atoms with Crippen molar-refractivity contribution >= 4 is 5.97 Å². The van der Waals surface area contributed by atoms with Crippen molar-refractivity contribution in [3.63, 3.8) is 0 Å². The molecule has 28 heavy (non-hydrogen) atoms. The second-order valence-corrected chi connectivity index (χ2v) is 6.45. The molecular weight excluding hydrogens is 354 g/mol. The van der Waals surface area contributed by atoms with Crippen molar-refractivity contribution in [1.82, 2.24) is 0 Å². The predicted octanol–water partition coefficient (Wildman–Crippen LogP) is 4.32. The highest BCUT2D eigenvalue weighted by Gasteiger charge is 2.17. The first kappa shape index (κ1) is 19.5. The van der Waals surface area contributed by atoms with E-state index in [1.807, 2.05) is 60.7 Å². The van der Waals surface area contributed by atoms with Gasteiger partial charge in [-0.05, 0) is 17.2 Å². The molecule has 0 fully saturated rings. The minimum atomic E-state index is -0.953. The fourth-order valence-electron chi connectivity index (χ4n) is 2.81. The van der Waals surface area contributed by atoms with E-state index in [1.54, 1.807) is 18.2 Å². The largest absolute Gasteiger partial charge is 0.489 e. The maximum absolute atomic E-state index is 11.1. The third kappa shape index (κ3) is 5.59. The molecule has 3 aromatic carbocycles. The normalized spacial score (nSPS) is 11.6. The second kappa shape index (κ2) is 9.58. The Kier molecular flexibility index (Phi) is 6.65. The highest BCUT2D eigenvalue weighted by molar-refractivity contribution is 5.68. The number of nitrogens with two attached hydrogens (primary N) is 1. The van der Waals surface area contributed by atoms with E-state index in [-0.39, 0.29) is 6.42 Å². The average molecular weight is 377 g/mol. The Bertz CT molecular complexity index is 897.